The van der Waals surface area contributed by atoms with Gasteiger partial charge in [-0.3, -0.25) is 4.79 Å². The Hall–Kier alpha value is -1.55. The molecule has 0 radical (unpaired) electrons. The van der Waals surface area contributed by atoms with Crippen LogP contribution in [0.25, 0.3) is 0 Å². The van der Waals surface area contributed by atoms with Gasteiger partial charge in [0.2, 0.25) is 0 Å². The summed E-state index contributed by atoms with van der Waals surface area (Å²) in [7, 11) is 1.65. The van der Waals surface area contributed by atoms with E-state index in [9.17, 15) is 4.79 Å². The average molecular weight is 352 g/mol. The minimum Gasteiger partial charge on any atom is -0.372 e. The Labute approximate surface area is 146 Å². The highest BCUT2D eigenvalue weighted by Gasteiger charge is 2.30. The third kappa shape index (κ3) is 4.05. The molecule has 1 amide bonds. The van der Waals surface area contributed by atoms with Gasteiger partial charge in [-0.15, -0.1) is 0 Å². The van der Waals surface area contributed by atoms with Gasteiger partial charge in [-0.1, -0.05) is 60.5 Å². The van der Waals surface area contributed by atoms with Crippen LogP contribution in [0.1, 0.15) is 29.3 Å². The summed E-state index contributed by atoms with van der Waals surface area (Å²) in [5.74, 6) is -0.214. The van der Waals surface area contributed by atoms with Crippen LogP contribution >= 0.6 is 23.2 Å². The molecule has 2 aromatic rings. The number of carbonyl (C=O) groups is 1. The number of hydrogen-bond donors (Lipinski definition) is 1. The van der Waals surface area contributed by atoms with Crippen molar-refractivity contribution in [2.24, 2.45) is 0 Å². The SMILES string of the molecule is CCC(CNC(=O)c1ccc(Cl)c(Cl)c1)(OC)c1ccccc1. The number of rotatable bonds is 6. The summed E-state index contributed by atoms with van der Waals surface area (Å²) in [6.45, 7) is 2.39. The Morgan fingerprint density at radius 1 is 1.13 bits per heavy atom. The van der Waals surface area contributed by atoms with Crippen molar-refractivity contribution in [3.8, 4) is 0 Å². The Bertz CT molecular complexity index is 670. The molecule has 0 aliphatic carbocycles. The van der Waals surface area contributed by atoms with E-state index in [1.54, 1.807) is 25.3 Å². The fourth-order valence-electron chi connectivity index (χ4n) is 2.47. The summed E-state index contributed by atoms with van der Waals surface area (Å²) in [4.78, 5) is 12.3. The van der Waals surface area contributed by atoms with Crippen molar-refractivity contribution in [1.82, 2.24) is 5.32 Å². The van der Waals surface area contributed by atoms with Crippen LogP contribution < -0.4 is 5.32 Å². The summed E-state index contributed by atoms with van der Waals surface area (Å²) in [6.07, 6.45) is 0.731. The largest absolute Gasteiger partial charge is 0.372 e. The van der Waals surface area contributed by atoms with Crippen LogP contribution in [0.2, 0.25) is 10.0 Å². The number of benzene rings is 2. The molecule has 5 heteroatoms. The Balaban J connectivity index is 2.15. The maximum Gasteiger partial charge on any atom is 0.251 e. The number of halogens is 2. The van der Waals surface area contributed by atoms with Crippen LogP contribution in [-0.2, 0) is 10.3 Å². The molecule has 0 saturated heterocycles. The van der Waals surface area contributed by atoms with E-state index < -0.39 is 5.60 Å². The van der Waals surface area contributed by atoms with E-state index in [2.05, 4.69) is 5.32 Å². The van der Waals surface area contributed by atoms with Crippen LogP contribution in [0.5, 0.6) is 0 Å². The number of ether oxygens (including phenoxy) is 1. The summed E-state index contributed by atoms with van der Waals surface area (Å²) >= 11 is 11.8. The highest BCUT2D eigenvalue weighted by molar-refractivity contribution is 6.42. The predicted molar refractivity (Wildman–Crippen MR) is 94.2 cm³/mol. The van der Waals surface area contributed by atoms with Crippen LogP contribution in [0.15, 0.2) is 48.5 Å². The van der Waals surface area contributed by atoms with E-state index in [-0.39, 0.29) is 5.91 Å². The standard InChI is InChI=1S/C18H19Cl2NO2/c1-3-18(23-2,14-7-5-4-6-8-14)12-21-17(22)13-9-10-15(19)16(20)11-13/h4-11H,3,12H2,1-2H3,(H,21,22). The quantitative estimate of drug-likeness (QED) is 0.820. The first-order valence-electron chi connectivity index (χ1n) is 7.36. The number of nitrogens with one attached hydrogen (secondary N) is 1. The molecule has 1 atom stereocenters. The van der Waals surface area contributed by atoms with Gasteiger partial charge in [-0.05, 0) is 30.2 Å². The molecule has 0 aromatic heterocycles. The molecule has 0 aliphatic rings. The molecule has 2 aromatic carbocycles. The lowest BCUT2D eigenvalue weighted by atomic mass is 9.90. The monoisotopic (exact) mass is 351 g/mol. The molecule has 0 fully saturated rings. The molecule has 122 valence electrons. The molecular formula is C18H19Cl2NO2. The molecular weight excluding hydrogens is 333 g/mol. The van der Waals surface area contributed by atoms with Crippen LogP contribution in [0.3, 0.4) is 0 Å². The van der Waals surface area contributed by atoms with Crippen LogP contribution in [0.4, 0.5) is 0 Å². The zero-order valence-corrected chi connectivity index (χ0v) is 14.6. The van der Waals surface area contributed by atoms with E-state index in [0.717, 1.165) is 12.0 Å². The lowest BCUT2D eigenvalue weighted by Gasteiger charge is -2.32. The first-order valence-corrected chi connectivity index (χ1v) is 8.12. The van der Waals surface area contributed by atoms with Gasteiger partial charge in [-0.25, -0.2) is 0 Å². The number of carbonyl (C=O) groups excluding carboxylic acids is 1. The second-order valence-corrected chi connectivity index (χ2v) is 6.04. The molecule has 0 saturated carbocycles. The van der Waals surface area contributed by atoms with Crippen molar-refractivity contribution in [3.63, 3.8) is 0 Å². The Morgan fingerprint density at radius 2 is 1.83 bits per heavy atom. The normalized spacial score (nSPS) is 13.4. The Kier molecular flexibility index (Phi) is 6.05. The smallest absolute Gasteiger partial charge is 0.251 e. The van der Waals surface area contributed by atoms with E-state index in [0.29, 0.717) is 22.2 Å². The number of amides is 1. The topological polar surface area (TPSA) is 38.3 Å². The predicted octanol–water partition coefficient (Wildman–Crippen LogP) is 4.68. The molecule has 1 unspecified atom stereocenters. The highest BCUT2D eigenvalue weighted by Crippen LogP contribution is 2.28. The van der Waals surface area contributed by atoms with Crippen molar-refractivity contribution in [2.45, 2.75) is 18.9 Å². The maximum atomic E-state index is 12.3. The summed E-state index contributed by atoms with van der Waals surface area (Å²) in [5, 5.41) is 3.70. The molecule has 3 nitrogen and oxygen atoms in total. The van der Waals surface area contributed by atoms with E-state index in [1.165, 1.54) is 0 Å². The first-order chi connectivity index (χ1) is 11.0. The van der Waals surface area contributed by atoms with Crippen molar-refractivity contribution >= 4 is 29.1 Å². The second kappa shape index (κ2) is 7.82. The average Bonchev–Trinajstić information content (AvgIpc) is 2.59. The van der Waals surface area contributed by atoms with E-state index in [1.807, 2.05) is 37.3 Å². The van der Waals surface area contributed by atoms with E-state index in [4.69, 9.17) is 27.9 Å². The third-order valence-electron chi connectivity index (χ3n) is 3.98. The molecule has 0 aliphatic heterocycles. The highest BCUT2D eigenvalue weighted by atomic mass is 35.5. The molecule has 2 rings (SSSR count). The van der Waals surface area contributed by atoms with Crippen molar-refractivity contribution in [2.75, 3.05) is 13.7 Å². The minimum absolute atomic E-state index is 0.214. The molecule has 23 heavy (non-hydrogen) atoms. The zero-order chi connectivity index (χ0) is 16.9. The molecule has 1 N–H and O–H groups in total. The number of hydrogen-bond acceptors (Lipinski definition) is 2. The van der Waals surface area contributed by atoms with Gasteiger partial charge in [0.25, 0.3) is 5.91 Å². The summed E-state index contributed by atoms with van der Waals surface area (Å²) in [6, 6.07) is 14.7. The minimum atomic E-state index is -0.562. The molecule has 0 spiro atoms. The van der Waals surface area contributed by atoms with Crippen molar-refractivity contribution in [1.29, 1.82) is 0 Å². The maximum absolute atomic E-state index is 12.3. The number of methoxy groups -OCH3 is 1. The van der Waals surface area contributed by atoms with Gasteiger partial charge < -0.3 is 10.1 Å². The lowest BCUT2D eigenvalue weighted by molar-refractivity contribution is -0.0164. The summed E-state index contributed by atoms with van der Waals surface area (Å²) < 4.78 is 5.74. The van der Waals surface area contributed by atoms with Gasteiger partial charge >= 0.3 is 0 Å². The van der Waals surface area contributed by atoms with Crippen LogP contribution in [0, 0.1) is 0 Å². The third-order valence-corrected chi connectivity index (χ3v) is 4.72. The lowest BCUT2D eigenvalue weighted by Crippen LogP contribution is -2.41. The van der Waals surface area contributed by atoms with Gasteiger partial charge in [0.15, 0.2) is 0 Å². The second-order valence-electron chi connectivity index (χ2n) is 5.23. The van der Waals surface area contributed by atoms with Crippen molar-refractivity contribution < 1.29 is 9.53 Å². The van der Waals surface area contributed by atoms with E-state index >= 15 is 0 Å². The zero-order valence-electron chi connectivity index (χ0n) is 13.1. The van der Waals surface area contributed by atoms with Gasteiger partial charge in [0, 0.05) is 12.7 Å². The van der Waals surface area contributed by atoms with Gasteiger partial charge in [-0.2, -0.15) is 0 Å². The molecule has 0 bridgehead atoms. The fourth-order valence-corrected chi connectivity index (χ4v) is 2.77. The Morgan fingerprint density at radius 3 is 2.39 bits per heavy atom. The first kappa shape index (κ1) is 17.8. The van der Waals surface area contributed by atoms with Crippen molar-refractivity contribution in [3.05, 3.63) is 69.7 Å². The van der Waals surface area contributed by atoms with Gasteiger partial charge in [0.1, 0.15) is 5.60 Å². The van der Waals surface area contributed by atoms with Gasteiger partial charge in [0.05, 0.1) is 16.6 Å². The fraction of sp³-hybridized carbons (Fsp3) is 0.278. The van der Waals surface area contributed by atoms with Crippen LogP contribution in [-0.4, -0.2) is 19.6 Å². The summed E-state index contributed by atoms with van der Waals surface area (Å²) in [5.41, 5.74) is 0.931. The molecule has 0 heterocycles.